The van der Waals surface area contributed by atoms with E-state index in [1.807, 2.05) is 24.9 Å². The summed E-state index contributed by atoms with van der Waals surface area (Å²) >= 11 is 6.94. The molecule has 2 N–H and O–H groups in total. The summed E-state index contributed by atoms with van der Waals surface area (Å²) in [5.41, 5.74) is 1.04. The summed E-state index contributed by atoms with van der Waals surface area (Å²) in [7, 11) is 1.92. The highest BCUT2D eigenvalue weighted by molar-refractivity contribution is 7.17. The molecule has 1 aromatic carbocycles. The van der Waals surface area contributed by atoms with E-state index in [0.29, 0.717) is 28.2 Å². The Morgan fingerprint density at radius 2 is 1.94 bits per heavy atom. The number of amides is 3. The maximum absolute atomic E-state index is 12.7. The monoisotopic (exact) mass is 464 g/mol. The number of hydrogen-bond donors (Lipinski definition) is 2. The molecule has 0 saturated carbocycles. The average Bonchev–Trinajstić information content (AvgIpc) is 3.06. The number of carbonyl (C=O) groups is 3. The molecule has 1 saturated heterocycles. The summed E-state index contributed by atoms with van der Waals surface area (Å²) < 4.78 is 5.65. The predicted molar refractivity (Wildman–Crippen MR) is 122 cm³/mol. The molecule has 0 aliphatic carbocycles. The van der Waals surface area contributed by atoms with Gasteiger partial charge in [0.05, 0.1) is 10.9 Å². The van der Waals surface area contributed by atoms with Crippen LogP contribution in [0.15, 0.2) is 30.3 Å². The fourth-order valence-electron chi connectivity index (χ4n) is 3.15. The summed E-state index contributed by atoms with van der Waals surface area (Å²) in [4.78, 5) is 41.0. The molecule has 0 bridgehead atoms. The molecule has 2 heterocycles. The van der Waals surface area contributed by atoms with Crippen LogP contribution in [0.4, 0.5) is 16.2 Å². The molecule has 3 amide bonds. The molecule has 8 nitrogen and oxygen atoms in total. The quantitative estimate of drug-likeness (QED) is 0.706. The molecular weight excluding hydrogens is 440 g/mol. The van der Waals surface area contributed by atoms with Crippen molar-refractivity contribution in [1.29, 1.82) is 0 Å². The van der Waals surface area contributed by atoms with E-state index in [-0.39, 0.29) is 5.91 Å². The van der Waals surface area contributed by atoms with Gasteiger partial charge < -0.3 is 20.3 Å². The number of hydrogen-bond acceptors (Lipinski definition) is 6. The zero-order valence-corrected chi connectivity index (χ0v) is 19.4. The standard InChI is InChI=1S/C21H25ClN4O4S/c1-13-11-14(5-6-15(13)26-10-9-25(4)12-17(26)27)23-19(28)21(2,3)24-20(29)30-18-8-7-16(22)31-18/h5-8,11H,9-10,12H2,1-4H3,(H,23,28)(H,24,29). The second-order valence-electron chi connectivity index (χ2n) is 7.94. The molecule has 0 unspecified atom stereocenters. The van der Waals surface area contributed by atoms with Gasteiger partial charge in [0, 0.05) is 24.5 Å². The van der Waals surface area contributed by atoms with Crippen molar-refractivity contribution in [2.75, 3.05) is 36.9 Å². The number of nitrogens with one attached hydrogen (secondary N) is 2. The number of ether oxygens (including phenoxy) is 1. The minimum Gasteiger partial charge on any atom is -0.399 e. The molecule has 31 heavy (non-hydrogen) atoms. The Bertz CT molecular complexity index is 1010. The van der Waals surface area contributed by atoms with Crippen molar-refractivity contribution in [3.05, 3.63) is 40.2 Å². The number of aryl methyl sites for hydroxylation is 1. The summed E-state index contributed by atoms with van der Waals surface area (Å²) in [6.45, 7) is 6.85. The van der Waals surface area contributed by atoms with E-state index in [4.69, 9.17) is 16.3 Å². The minimum atomic E-state index is -1.22. The van der Waals surface area contributed by atoms with Crippen molar-refractivity contribution >= 4 is 52.2 Å². The van der Waals surface area contributed by atoms with Crippen molar-refractivity contribution in [1.82, 2.24) is 10.2 Å². The third kappa shape index (κ3) is 5.75. The van der Waals surface area contributed by atoms with Gasteiger partial charge in [-0.25, -0.2) is 4.79 Å². The van der Waals surface area contributed by atoms with Gasteiger partial charge in [-0.2, -0.15) is 0 Å². The molecule has 2 aromatic rings. The molecule has 10 heteroatoms. The number of piperazine rings is 1. The van der Waals surface area contributed by atoms with Gasteiger partial charge in [0.2, 0.25) is 11.8 Å². The van der Waals surface area contributed by atoms with Gasteiger partial charge in [0.15, 0.2) is 5.06 Å². The summed E-state index contributed by atoms with van der Waals surface area (Å²) in [6, 6.07) is 8.57. The van der Waals surface area contributed by atoms with E-state index in [2.05, 4.69) is 10.6 Å². The fraction of sp³-hybridized carbons (Fsp3) is 0.381. The van der Waals surface area contributed by atoms with Crippen molar-refractivity contribution in [2.45, 2.75) is 26.3 Å². The molecule has 0 atom stereocenters. The Morgan fingerprint density at radius 3 is 2.55 bits per heavy atom. The van der Waals surface area contributed by atoms with Crippen LogP contribution in [0.2, 0.25) is 4.34 Å². The number of thiophene rings is 1. The lowest BCUT2D eigenvalue weighted by atomic mass is 10.0. The normalized spacial score (nSPS) is 15.0. The van der Waals surface area contributed by atoms with E-state index < -0.39 is 17.5 Å². The highest BCUT2D eigenvalue weighted by atomic mass is 35.5. The third-order valence-electron chi connectivity index (χ3n) is 4.88. The number of benzene rings is 1. The molecule has 3 rings (SSSR count). The number of carbonyl (C=O) groups excluding carboxylic acids is 3. The molecule has 1 aliphatic heterocycles. The average molecular weight is 465 g/mol. The lowest BCUT2D eigenvalue weighted by Gasteiger charge is -2.33. The van der Waals surface area contributed by atoms with Crippen LogP contribution < -0.4 is 20.3 Å². The number of halogens is 1. The maximum Gasteiger partial charge on any atom is 0.414 e. The van der Waals surface area contributed by atoms with Crippen molar-refractivity contribution < 1.29 is 19.1 Å². The molecular formula is C21H25ClN4O4S. The molecule has 0 radical (unpaired) electrons. The van der Waals surface area contributed by atoms with Crippen LogP contribution in [0, 0.1) is 6.92 Å². The molecule has 1 aliphatic rings. The molecule has 1 aromatic heterocycles. The highest BCUT2D eigenvalue weighted by Gasteiger charge is 2.31. The van der Waals surface area contributed by atoms with E-state index >= 15 is 0 Å². The predicted octanol–water partition coefficient (Wildman–Crippen LogP) is 3.49. The van der Waals surface area contributed by atoms with E-state index in [9.17, 15) is 14.4 Å². The molecule has 1 fully saturated rings. The lowest BCUT2D eigenvalue weighted by molar-refractivity contribution is -0.121. The van der Waals surface area contributed by atoms with Crippen LogP contribution in [0.3, 0.4) is 0 Å². The van der Waals surface area contributed by atoms with E-state index in [1.54, 1.807) is 43.0 Å². The first-order chi connectivity index (χ1) is 14.5. The van der Waals surface area contributed by atoms with Crippen molar-refractivity contribution in [3.63, 3.8) is 0 Å². The van der Waals surface area contributed by atoms with Crippen LogP contribution >= 0.6 is 22.9 Å². The fourth-order valence-corrected chi connectivity index (χ4v) is 4.02. The lowest BCUT2D eigenvalue weighted by Crippen LogP contribution is -2.53. The van der Waals surface area contributed by atoms with Gasteiger partial charge in [-0.15, -0.1) is 0 Å². The zero-order chi connectivity index (χ0) is 22.8. The first-order valence-electron chi connectivity index (χ1n) is 9.71. The van der Waals surface area contributed by atoms with E-state index in [0.717, 1.165) is 29.1 Å². The van der Waals surface area contributed by atoms with Crippen LogP contribution in [0.25, 0.3) is 0 Å². The van der Waals surface area contributed by atoms with Gasteiger partial charge in [0.25, 0.3) is 0 Å². The SMILES string of the molecule is Cc1cc(NC(=O)C(C)(C)NC(=O)Oc2ccc(Cl)s2)ccc1N1CCN(C)CC1=O. The Morgan fingerprint density at radius 1 is 1.19 bits per heavy atom. The van der Waals surface area contributed by atoms with Gasteiger partial charge in [0.1, 0.15) is 5.54 Å². The zero-order valence-electron chi connectivity index (χ0n) is 17.8. The smallest absolute Gasteiger partial charge is 0.399 e. The first-order valence-corrected chi connectivity index (χ1v) is 10.9. The van der Waals surface area contributed by atoms with Gasteiger partial charge in [-0.3, -0.25) is 14.5 Å². The summed E-state index contributed by atoms with van der Waals surface area (Å²) in [6.07, 6.45) is -0.751. The van der Waals surface area contributed by atoms with Crippen molar-refractivity contribution in [3.8, 4) is 5.06 Å². The second kappa shape index (κ2) is 9.25. The Kier molecular flexibility index (Phi) is 6.88. The highest BCUT2D eigenvalue weighted by Crippen LogP contribution is 2.28. The minimum absolute atomic E-state index is 0.0458. The van der Waals surface area contributed by atoms with Crippen LogP contribution in [0.1, 0.15) is 19.4 Å². The number of anilines is 2. The number of rotatable bonds is 5. The van der Waals surface area contributed by atoms with Gasteiger partial charge in [-0.1, -0.05) is 22.9 Å². The number of likely N-dealkylation sites (N-methyl/N-ethyl adjacent to an activating group) is 1. The van der Waals surface area contributed by atoms with Crippen LogP contribution in [-0.4, -0.2) is 55.0 Å². The maximum atomic E-state index is 12.7. The largest absolute Gasteiger partial charge is 0.414 e. The second-order valence-corrected chi connectivity index (χ2v) is 9.61. The number of nitrogens with zero attached hydrogens (tertiary/aromatic N) is 2. The van der Waals surface area contributed by atoms with Crippen LogP contribution in [0.5, 0.6) is 5.06 Å². The van der Waals surface area contributed by atoms with Crippen LogP contribution in [-0.2, 0) is 9.59 Å². The Labute approximate surface area is 190 Å². The third-order valence-corrected chi connectivity index (χ3v) is 5.99. The van der Waals surface area contributed by atoms with Gasteiger partial charge >= 0.3 is 6.09 Å². The summed E-state index contributed by atoms with van der Waals surface area (Å²) in [5, 5.41) is 5.70. The Hall–Kier alpha value is -2.62. The molecule has 0 spiro atoms. The van der Waals surface area contributed by atoms with Crippen molar-refractivity contribution in [2.24, 2.45) is 0 Å². The summed E-state index contributed by atoms with van der Waals surface area (Å²) in [5.74, 6) is -0.360. The first kappa shape index (κ1) is 23.1. The Balaban J connectivity index is 1.63. The topological polar surface area (TPSA) is 91.0 Å². The van der Waals surface area contributed by atoms with E-state index in [1.165, 1.54) is 0 Å². The van der Waals surface area contributed by atoms with Gasteiger partial charge in [-0.05, 0) is 63.7 Å². The molecule has 166 valence electrons.